The molecule has 0 bridgehead atoms. The van der Waals surface area contributed by atoms with Crippen molar-refractivity contribution in [2.45, 2.75) is 95.8 Å². The van der Waals surface area contributed by atoms with Crippen LogP contribution in [0.25, 0.3) is 0 Å². The van der Waals surface area contributed by atoms with E-state index in [9.17, 15) is 0 Å². The number of hydrogen-bond acceptors (Lipinski definition) is 6. The molecule has 6 nitrogen and oxygen atoms in total. The Morgan fingerprint density at radius 2 is 1.09 bits per heavy atom. The van der Waals surface area contributed by atoms with E-state index in [0.717, 1.165) is 0 Å². The van der Waals surface area contributed by atoms with Crippen molar-refractivity contribution in [1.29, 1.82) is 10.5 Å². The number of nitrogens with zero attached hydrogens (tertiary/aromatic N) is 2. The number of hydrogen-bond donors (Lipinski definition) is 0. The average molecular weight is 322 g/mol. The van der Waals surface area contributed by atoms with Crippen molar-refractivity contribution in [3.05, 3.63) is 0 Å². The van der Waals surface area contributed by atoms with Gasteiger partial charge in [-0.2, -0.15) is 10.5 Å². The van der Waals surface area contributed by atoms with E-state index in [1.807, 2.05) is 27.7 Å². The smallest absolute Gasteiger partial charge is 0.163 e. The first-order valence-electron chi connectivity index (χ1n) is 8.18. The van der Waals surface area contributed by atoms with Crippen molar-refractivity contribution in [2.75, 3.05) is 0 Å². The van der Waals surface area contributed by atoms with Gasteiger partial charge in [-0.05, 0) is 27.7 Å². The van der Waals surface area contributed by atoms with E-state index < -0.39 is 11.6 Å². The predicted octanol–water partition coefficient (Wildman–Crippen LogP) is 3.02. The largest absolute Gasteiger partial charge is 0.347 e. The Morgan fingerprint density at radius 3 is 1.43 bits per heavy atom. The van der Waals surface area contributed by atoms with E-state index in [1.54, 1.807) is 0 Å². The molecule has 0 aromatic rings. The molecule has 0 aromatic heterocycles. The van der Waals surface area contributed by atoms with Gasteiger partial charge in [-0.15, -0.1) is 0 Å². The van der Waals surface area contributed by atoms with Crippen LogP contribution in [-0.4, -0.2) is 36.0 Å². The fraction of sp³-hybridized carbons (Fsp3) is 0.882. The molecular formula is C17H26N2O4. The lowest BCUT2D eigenvalue weighted by molar-refractivity contribution is -0.323. The highest BCUT2D eigenvalue weighted by atomic mass is 16.7. The minimum Gasteiger partial charge on any atom is -0.347 e. The molecule has 0 spiro atoms. The Labute approximate surface area is 138 Å². The maximum Gasteiger partial charge on any atom is 0.163 e. The SMILES string of the molecule is CC1(C)O[C@@H](C[C@@H]2C[C@H](CC#N)OC(C)(C)O2)C[C@@H](CC#N)O1. The Hall–Kier alpha value is -1.18. The molecule has 23 heavy (non-hydrogen) atoms. The van der Waals surface area contributed by atoms with Gasteiger partial charge in [-0.25, -0.2) is 0 Å². The molecule has 128 valence electrons. The molecule has 0 saturated carbocycles. The van der Waals surface area contributed by atoms with Gasteiger partial charge < -0.3 is 18.9 Å². The summed E-state index contributed by atoms with van der Waals surface area (Å²) in [7, 11) is 0. The normalized spacial score (nSPS) is 35.9. The molecule has 2 saturated heterocycles. The number of nitriles is 2. The van der Waals surface area contributed by atoms with Gasteiger partial charge in [-0.3, -0.25) is 0 Å². The highest BCUT2D eigenvalue weighted by Crippen LogP contribution is 2.35. The third-order valence-corrected chi connectivity index (χ3v) is 4.02. The Kier molecular flexibility index (Phi) is 5.65. The fourth-order valence-corrected chi connectivity index (χ4v) is 3.48. The lowest BCUT2D eigenvalue weighted by Crippen LogP contribution is -2.49. The maximum atomic E-state index is 8.92. The molecule has 0 aliphatic carbocycles. The fourth-order valence-electron chi connectivity index (χ4n) is 3.48. The van der Waals surface area contributed by atoms with Crippen LogP contribution in [-0.2, 0) is 18.9 Å². The second-order valence-corrected chi connectivity index (χ2v) is 7.19. The second-order valence-electron chi connectivity index (χ2n) is 7.19. The summed E-state index contributed by atoms with van der Waals surface area (Å²) in [5.74, 6) is -1.39. The van der Waals surface area contributed by atoms with E-state index >= 15 is 0 Å². The molecule has 2 fully saturated rings. The van der Waals surface area contributed by atoms with Crippen molar-refractivity contribution < 1.29 is 18.9 Å². The van der Waals surface area contributed by atoms with Crippen LogP contribution in [0.4, 0.5) is 0 Å². The Morgan fingerprint density at radius 1 is 0.739 bits per heavy atom. The summed E-state index contributed by atoms with van der Waals surface area (Å²) < 4.78 is 23.6. The van der Waals surface area contributed by atoms with Crippen LogP contribution in [0, 0.1) is 22.7 Å². The predicted molar refractivity (Wildman–Crippen MR) is 82.0 cm³/mol. The topological polar surface area (TPSA) is 84.5 Å². The molecule has 4 atom stereocenters. The number of rotatable bonds is 4. The molecule has 0 N–H and O–H groups in total. The molecule has 2 heterocycles. The van der Waals surface area contributed by atoms with Crippen LogP contribution in [0.2, 0.25) is 0 Å². The summed E-state index contributed by atoms with van der Waals surface area (Å²) in [5, 5.41) is 17.8. The van der Waals surface area contributed by atoms with Gasteiger partial charge in [0.2, 0.25) is 0 Å². The van der Waals surface area contributed by atoms with Gasteiger partial charge in [0.05, 0.1) is 49.4 Å². The van der Waals surface area contributed by atoms with Crippen molar-refractivity contribution in [2.24, 2.45) is 0 Å². The van der Waals surface area contributed by atoms with Crippen molar-refractivity contribution in [3.8, 4) is 12.1 Å². The molecular weight excluding hydrogens is 296 g/mol. The van der Waals surface area contributed by atoms with Crippen LogP contribution in [0.5, 0.6) is 0 Å². The minimum absolute atomic E-state index is 0.0289. The van der Waals surface area contributed by atoms with Crippen molar-refractivity contribution >= 4 is 0 Å². The van der Waals surface area contributed by atoms with E-state index in [2.05, 4.69) is 12.1 Å². The van der Waals surface area contributed by atoms with Gasteiger partial charge in [0.25, 0.3) is 0 Å². The first kappa shape index (κ1) is 18.2. The second kappa shape index (κ2) is 7.15. The molecule has 2 aliphatic rings. The zero-order chi connectivity index (χ0) is 17.1. The third kappa shape index (κ3) is 5.44. The zero-order valence-corrected chi connectivity index (χ0v) is 14.4. The summed E-state index contributed by atoms with van der Waals surface area (Å²) in [6, 6.07) is 4.34. The summed E-state index contributed by atoms with van der Waals surface area (Å²) in [6.45, 7) is 7.49. The molecule has 2 aliphatic heterocycles. The standard InChI is InChI=1S/C17H26N2O4/c1-16(2)20-12(5-7-18)9-14(22-16)11-15-10-13(6-8-19)21-17(3,4)23-15/h12-15H,5-6,9-11H2,1-4H3/t12-,13+,14-,15+. The van der Waals surface area contributed by atoms with Gasteiger partial charge in [0.1, 0.15) is 0 Å². The third-order valence-electron chi connectivity index (χ3n) is 4.02. The van der Waals surface area contributed by atoms with Gasteiger partial charge in [0, 0.05) is 19.3 Å². The first-order chi connectivity index (χ1) is 10.7. The Balaban J connectivity index is 1.99. The molecule has 6 heteroatoms. The van der Waals surface area contributed by atoms with E-state index in [0.29, 0.717) is 32.1 Å². The van der Waals surface area contributed by atoms with Crippen LogP contribution >= 0.6 is 0 Å². The van der Waals surface area contributed by atoms with Gasteiger partial charge >= 0.3 is 0 Å². The zero-order valence-electron chi connectivity index (χ0n) is 14.4. The summed E-state index contributed by atoms with van der Waals surface area (Å²) in [4.78, 5) is 0. The van der Waals surface area contributed by atoms with Crippen LogP contribution in [0.15, 0.2) is 0 Å². The van der Waals surface area contributed by atoms with Crippen LogP contribution < -0.4 is 0 Å². The molecule has 0 unspecified atom stereocenters. The highest BCUT2D eigenvalue weighted by Gasteiger charge is 2.40. The summed E-state index contributed by atoms with van der Waals surface area (Å²) >= 11 is 0. The first-order valence-corrected chi connectivity index (χ1v) is 8.18. The lowest BCUT2D eigenvalue weighted by Gasteiger charge is -2.44. The monoisotopic (exact) mass is 322 g/mol. The minimum atomic E-state index is -0.697. The van der Waals surface area contributed by atoms with E-state index in [-0.39, 0.29) is 24.4 Å². The highest BCUT2D eigenvalue weighted by molar-refractivity contribution is 4.88. The molecule has 2 rings (SSSR count). The lowest BCUT2D eigenvalue weighted by atomic mass is 9.96. The van der Waals surface area contributed by atoms with Gasteiger partial charge in [0.15, 0.2) is 11.6 Å². The Bertz CT molecular complexity index is 448. The van der Waals surface area contributed by atoms with Crippen LogP contribution in [0.3, 0.4) is 0 Å². The van der Waals surface area contributed by atoms with E-state index in [1.165, 1.54) is 0 Å². The van der Waals surface area contributed by atoms with Crippen LogP contribution in [0.1, 0.15) is 59.8 Å². The van der Waals surface area contributed by atoms with Crippen molar-refractivity contribution in [1.82, 2.24) is 0 Å². The summed E-state index contributed by atoms with van der Waals surface area (Å²) in [6.07, 6.45) is 2.51. The van der Waals surface area contributed by atoms with Gasteiger partial charge in [-0.1, -0.05) is 0 Å². The number of ether oxygens (including phenoxy) is 4. The maximum absolute atomic E-state index is 8.92. The molecule has 0 aromatic carbocycles. The van der Waals surface area contributed by atoms with Crippen molar-refractivity contribution in [3.63, 3.8) is 0 Å². The molecule has 0 amide bonds. The van der Waals surface area contributed by atoms with E-state index in [4.69, 9.17) is 29.5 Å². The molecule has 0 radical (unpaired) electrons. The summed E-state index contributed by atoms with van der Waals surface area (Å²) in [5.41, 5.74) is 0. The average Bonchev–Trinajstić information content (AvgIpc) is 2.35. The quantitative estimate of drug-likeness (QED) is 0.791.